The zero-order valence-electron chi connectivity index (χ0n) is 9.77. The van der Waals surface area contributed by atoms with E-state index in [1.54, 1.807) is 25.2 Å². The second-order valence-corrected chi connectivity index (χ2v) is 5.92. The standard InChI is InChI=1S/C11H15BrN2O2S/c1-3-14(2)11(15)7-17(16)10-6-8(12)4-5-9(10)13/h4-6H,3,7,13H2,1-2H3. The van der Waals surface area contributed by atoms with Gasteiger partial charge in [0.2, 0.25) is 5.91 Å². The molecule has 0 heterocycles. The number of rotatable bonds is 4. The van der Waals surface area contributed by atoms with E-state index in [2.05, 4.69) is 15.9 Å². The maximum Gasteiger partial charge on any atom is 0.235 e. The van der Waals surface area contributed by atoms with Crippen molar-refractivity contribution in [3.8, 4) is 0 Å². The molecule has 0 saturated carbocycles. The zero-order valence-corrected chi connectivity index (χ0v) is 12.2. The Balaban J connectivity index is 2.83. The van der Waals surface area contributed by atoms with Crippen LogP contribution in [0.3, 0.4) is 0 Å². The number of carbonyl (C=O) groups is 1. The number of amides is 1. The van der Waals surface area contributed by atoms with Gasteiger partial charge in [-0.25, -0.2) is 0 Å². The van der Waals surface area contributed by atoms with Crippen molar-refractivity contribution in [2.24, 2.45) is 0 Å². The van der Waals surface area contributed by atoms with Crippen LogP contribution in [0.4, 0.5) is 5.69 Å². The summed E-state index contributed by atoms with van der Waals surface area (Å²) in [4.78, 5) is 13.7. The molecule has 0 bridgehead atoms. The Morgan fingerprint density at radius 1 is 1.53 bits per heavy atom. The molecule has 2 N–H and O–H groups in total. The summed E-state index contributed by atoms with van der Waals surface area (Å²) in [6.07, 6.45) is 0. The SMILES string of the molecule is CCN(C)C(=O)CS(=O)c1cc(Br)ccc1N. The zero-order chi connectivity index (χ0) is 13.0. The van der Waals surface area contributed by atoms with Gasteiger partial charge in [-0.1, -0.05) is 15.9 Å². The highest BCUT2D eigenvalue weighted by molar-refractivity contribution is 9.10. The van der Waals surface area contributed by atoms with Crippen molar-refractivity contribution in [1.82, 2.24) is 4.90 Å². The van der Waals surface area contributed by atoms with Crippen LogP contribution < -0.4 is 5.73 Å². The average molecular weight is 319 g/mol. The number of nitrogens with two attached hydrogens (primary N) is 1. The van der Waals surface area contributed by atoms with Gasteiger partial charge in [-0.2, -0.15) is 0 Å². The molecule has 1 aromatic carbocycles. The Hall–Kier alpha value is -0.880. The molecule has 0 aliphatic carbocycles. The molecule has 17 heavy (non-hydrogen) atoms. The fraction of sp³-hybridized carbons (Fsp3) is 0.364. The molecule has 1 aromatic rings. The van der Waals surface area contributed by atoms with Gasteiger partial charge in [0.05, 0.1) is 15.7 Å². The summed E-state index contributed by atoms with van der Waals surface area (Å²) in [5.41, 5.74) is 6.18. The summed E-state index contributed by atoms with van der Waals surface area (Å²) in [6, 6.07) is 5.13. The molecule has 0 saturated heterocycles. The smallest absolute Gasteiger partial charge is 0.235 e. The van der Waals surface area contributed by atoms with Crippen LogP contribution in [0.5, 0.6) is 0 Å². The summed E-state index contributed by atoms with van der Waals surface area (Å²) < 4.78 is 12.8. The van der Waals surface area contributed by atoms with Gasteiger partial charge in [0.25, 0.3) is 0 Å². The van der Waals surface area contributed by atoms with Gasteiger partial charge in [0, 0.05) is 23.8 Å². The van der Waals surface area contributed by atoms with Crippen LogP contribution in [-0.2, 0) is 15.6 Å². The normalized spacial score (nSPS) is 12.2. The molecule has 1 rings (SSSR count). The minimum Gasteiger partial charge on any atom is -0.398 e. The van der Waals surface area contributed by atoms with Crippen LogP contribution in [-0.4, -0.2) is 34.4 Å². The first-order chi connectivity index (χ1) is 7.95. The lowest BCUT2D eigenvalue weighted by atomic mass is 10.3. The van der Waals surface area contributed by atoms with Gasteiger partial charge in [0.1, 0.15) is 5.75 Å². The molecule has 94 valence electrons. The molecule has 0 radical (unpaired) electrons. The summed E-state index contributed by atoms with van der Waals surface area (Å²) in [6.45, 7) is 2.47. The highest BCUT2D eigenvalue weighted by atomic mass is 79.9. The Morgan fingerprint density at radius 3 is 2.76 bits per heavy atom. The van der Waals surface area contributed by atoms with Crippen LogP contribution in [0, 0.1) is 0 Å². The Kier molecular flexibility index (Phi) is 5.14. The molecule has 0 spiro atoms. The highest BCUT2D eigenvalue weighted by Crippen LogP contribution is 2.21. The lowest BCUT2D eigenvalue weighted by Crippen LogP contribution is -2.30. The number of hydrogen-bond donors (Lipinski definition) is 1. The second kappa shape index (κ2) is 6.16. The van der Waals surface area contributed by atoms with E-state index < -0.39 is 10.8 Å². The minimum absolute atomic E-state index is 0.0367. The van der Waals surface area contributed by atoms with Gasteiger partial charge in [-0.3, -0.25) is 9.00 Å². The van der Waals surface area contributed by atoms with Crippen molar-refractivity contribution in [3.63, 3.8) is 0 Å². The summed E-state index contributed by atoms with van der Waals surface area (Å²) in [5.74, 6) is -0.185. The van der Waals surface area contributed by atoms with Gasteiger partial charge in [-0.15, -0.1) is 0 Å². The van der Waals surface area contributed by atoms with Crippen molar-refractivity contribution >= 4 is 38.3 Å². The Morgan fingerprint density at radius 2 is 2.18 bits per heavy atom. The maximum atomic E-state index is 12.0. The lowest BCUT2D eigenvalue weighted by molar-refractivity contribution is -0.126. The van der Waals surface area contributed by atoms with Gasteiger partial charge in [0.15, 0.2) is 0 Å². The number of anilines is 1. The topological polar surface area (TPSA) is 63.4 Å². The first-order valence-electron chi connectivity index (χ1n) is 5.13. The third kappa shape index (κ3) is 3.81. The molecule has 1 atom stereocenters. The number of nitrogen functional groups attached to an aromatic ring is 1. The first-order valence-corrected chi connectivity index (χ1v) is 7.24. The molecule has 1 unspecified atom stereocenters. The molecule has 0 fully saturated rings. The molecule has 0 aromatic heterocycles. The van der Waals surface area contributed by atoms with Crippen LogP contribution in [0.15, 0.2) is 27.6 Å². The van der Waals surface area contributed by atoms with E-state index in [-0.39, 0.29) is 11.7 Å². The molecule has 4 nitrogen and oxygen atoms in total. The summed E-state index contributed by atoms with van der Waals surface area (Å²) in [7, 11) is 0.281. The van der Waals surface area contributed by atoms with E-state index in [1.807, 2.05) is 6.92 Å². The van der Waals surface area contributed by atoms with Crippen molar-refractivity contribution in [1.29, 1.82) is 0 Å². The largest absolute Gasteiger partial charge is 0.398 e. The molecule has 6 heteroatoms. The number of halogens is 1. The van der Waals surface area contributed by atoms with Crippen LogP contribution >= 0.6 is 15.9 Å². The average Bonchev–Trinajstić information content (AvgIpc) is 2.30. The van der Waals surface area contributed by atoms with Crippen molar-refractivity contribution in [2.75, 3.05) is 25.1 Å². The van der Waals surface area contributed by atoms with Gasteiger partial charge in [-0.05, 0) is 25.1 Å². The van der Waals surface area contributed by atoms with Crippen molar-refractivity contribution in [3.05, 3.63) is 22.7 Å². The number of carbonyl (C=O) groups excluding carboxylic acids is 1. The first kappa shape index (κ1) is 14.2. The molecular formula is C11H15BrN2O2S. The molecular weight excluding hydrogens is 304 g/mol. The van der Waals surface area contributed by atoms with E-state index in [1.165, 1.54) is 4.90 Å². The fourth-order valence-corrected chi connectivity index (χ4v) is 2.88. The van der Waals surface area contributed by atoms with E-state index in [9.17, 15) is 9.00 Å². The van der Waals surface area contributed by atoms with Crippen molar-refractivity contribution in [2.45, 2.75) is 11.8 Å². The van der Waals surface area contributed by atoms with Gasteiger partial charge < -0.3 is 10.6 Å². The molecule has 1 amide bonds. The molecule has 0 aliphatic heterocycles. The quantitative estimate of drug-likeness (QED) is 0.858. The third-order valence-corrected chi connectivity index (χ3v) is 4.22. The van der Waals surface area contributed by atoms with E-state index in [4.69, 9.17) is 5.73 Å². The monoisotopic (exact) mass is 318 g/mol. The van der Waals surface area contributed by atoms with Crippen LogP contribution in [0.2, 0.25) is 0 Å². The van der Waals surface area contributed by atoms with E-state index in [0.717, 1.165) is 4.47 Å². The van der Waals surface area contributed by atoms with E-state index >= 15 is 0 Å². The van der Waals surface area contributed by atoms with E-state index in [0.29, 0.717) is 17.1 Å². The van der Waals surface area contributed by atoms with Crippen LogP contribution in [0.25, 0.3) is 0 Å². The maximum absolute atomic E-state index is 12.0. The predicted molar refractivity (Wildman–Crippen MR) is 73.1 cm³/mol. The second-order valence-electron chi connectivity index (χ2n) is 3.58. The molecule has 0 aliphatic rings. The van der Waals surface area contributed by atoms with Gasteiger partial charge >= 0.3 is 0 Å². The summed E-state index contributed by atoms with van der Waals surface area (Å²) in [5, 5.41) is 0. The highest BCUT2D eigenvalue weighted by Gasteiger charge is 2.15. The number of nitrogens with zero attached hydrogens (tertiary/aromatic N) is 1. The Bertz CT molecular complexity index is 451. The minimum atomic E-state index is -1.40. The number of benzene rings is 1. The Labute approximate surface area is 112 Å². The fourth-order valence-electron chi connectivity index (χ4n) is 1.18. The lowest BCUT2D eigenvalue weighted by Gasteiger charge is -2.14. The number of hydrogen-bond acceptors (Lipinski definition) is 3. The van der Waals surface area contributed by atoms with Crippen LogP contribution in [0.1, 0.15) is 6.92 Å². The van der Waals surface area contributed by atoms with Crippen molar-refractivity contribution < 1.29 is 9.00 Å². The predicted octanol–water partition coefficient (Wildman–Crippen LogP) is 1.62. The summed E-state index contributed by atoms with van der Waals surface area (Å²) >= 11 is 3.29. The third-order valence-electron chi connectivity index (χ3n) is 2.38.